The molecule has 0 aliphatic carbocycles. The number of thiophene rings is 1. The van der Waals surface area contributed by atoms with Crippen molar-refractivity contribution in [3.8, 4) is 0 Å². The Morgan fingerprint density at radius 1 is 1.30 bits per heavy atom. The van der Waals surface area contributed by atoms with Crippen molar-refractivity contribution >= 4 is 33.3 Å². The van der Waals surface area contributed by atoms with Gasteiger partial charge in [-0.25, -0.2) is 4.98 Å². The van der Waals surface area contributed by atoms with Crippen LogP contribution in [0, 0.1) is 0 Å². The molecule has 2 aromatic heterocycles. The monoisotopic (exact) mass is 293 g/mol. The van der Waals surface area contributed by atoms with Crippen molar-refractivity contribution in [2.45, 2.75) is 20.3 Å². The molecule has 0 aromatic carbocycles. The Labute approximate surface area is 124 Å². The zero-order valence-corrected chi connectivity index (χ0v) is 13.5. The molecule has 2 N–H and O–H groups in total. The predicted octanol–water partition coefficient (Wildman–Crippen LogP) is 2.66. The molecule has 0 saturated heterocycles. The van der Waals surface area contributed by atoms with E-state index in [0.29, 0.717) is 5.95 Å². The summed E-state index contributed by atoms with van der Waals surface area (Å²) in [5.41, 5.74) is 0. The van der Waals surface area contributed by atoms with Crippen LogP contribution in [0.25, 0.3) is 10.2 Å². The minimum atomic E-state index is 0.674. The van der Waals surface area contributed by atoms with Crippen LogP contribution < -0.4 is 10.6 Å². The van der Waals surface area contributed by atoms with E-state index in [-0.39, 0.29) is 0 Å². The number of hydrogen-bond acceptors (Lipinski definition) is 6. The molecule has 0 aliphatic heterocycles. The topological polar surface area (TPSA) is 53.1 Å². The third-order valence-electron chi connectivity index (χ3n) is 3.34. The number of fused-ring (bicyclic) bond motifs is 1. The van der Waals surface area contributed by atoms with Crippen LogP contribution in [0.2, 0.25) is 0 Å². The first kappa shape index (κ1) is 15.0. The van der Waals surface area contributed by atoms with Crippen molar-refractivity contribution < 1.29 is 0 Å². The number of anilines is 2. The second kappa shape index (κ2) is 6.85. The first-order valence-corrected chi connectivity index (χ1v) is 7.90. The SMILES string of the molecule is CCc1cc2c(NCCN(C)CC)nc(NC)nc2s1. The van der Waals surface area contributed by atoms with Crippen molar-refractivity contribution in [1.82, 2.24) is 14.9 Å². The third kappa shape index (κ3) is 3.37. The van der Waals surface area contributed by atoms with Crippen molar-refractivity contribution in [1.29, 1.82) is 0 Å². The van der Waals surface area contributed by atoms with Gasteiger partial charge in [-0.2, -0.15) is 4.98 Å². The maximum absolute atomic E-state index is 4.54. The maximum atomic E-state index is 4.54. The van der Waals surface area contributed by atoms with Crippen LogP contribution in [0.4, 0.5) is 11.8 Å². The summed E-state index contributed by atoms with van der Waals surface area (Å²) in [5.74, 6) is 1.60. The summed E-state index contributed by atoms with van der Waals surface area (Å²) in [6.07, 6.45) is 1.04. The van der Waals surface area contributed by atoms with Gasteiger partial charge in [-0.05, 0) is 26.1 Å². The Hall–Kier alpha value is -1.40. The van der Waals surface area contributed by atoms with E-state index in [1.807, 2.05) is 7.05 Å². The molecule has 20 heavy (non-hydrogen) atoms. The van der Waals surface area contributed by atoms with E-state index < -0.39 is 0 Å². The Morgan fingerprint density at radius 2 is 2.10 bits per heavy atom. The van der Waals surface area contributed by atoms with Gasteiger partial charge in [0.15, 0.2) is 0 Å². The largest absolute Gasteiger partial charge is 0.368 e. The van der Waals surface area contributed by atoms with E-state index in [9.17, 15) is 0 Å². The minimum Gasteiger partial charge on any atom is -0.368 e. The molecule has 0 bridgehead atoms. The highest BCUT2D eigenvalue weighted by Crippen LogP contribution is 2.30. The van der Waals surface area contributed by atoms with Gasteiger partial charge in [0.2, 0.25) is 5.95 Å². The molecule has 0 amide bonds. The van der Waals surface area contributed by atoms with Gasteiger partial charge >= 0.3 is 0 Å². The van der Waals surface area contributed by atoms with Crippen LogP contribution in [0.5, 0.6) is 0 Å². The van der Waals surface area contributed by atoms with Gasteiger partial charge in [-0.15, -0.1) is 11.3 Å². The number of aryl methyl sites for hydroxylation is 1. The fourth-order valence-electron chi connectivity index (χ4n) is 1.92. The van der Waals surface area contributed by atoms with Crippen LogP contribution in [-0.2, 0) is 6.42 Å². The first-order chi connectivity index (χ1) is 9.67. The van der Waals surface area contributed by atoms with Gasteiger partial charge in [0.05, 0.1) is 5.39 Å². The summed E-state index contributed by atoms with van der Waals surface area (Å²) in [5, 5.41) is 7.60. The smallest absolute Gasteiger partial charge is 0.225 e. The molecule has 6 heteroatoms. The number of nitrogens with one attached hydrogen (secondary N) is 2. The molecular weight excluding hydrogens is 270 g/mol. The van der Waals surface area contributed by atoms with Gasteiger partial charge in [0.1, 0.15) is 10.6 Å². The summed E-state index contributed by atoms with van der Waals surface area (Å²) < 4.78 is 0. The maximum Gasteiger partial charge on any atom is 0.225 e. The molecule has 0 aliphatic rings. The Kier molecular flexibility index (Phi) is 5.14. The lowest BCUT2D eigenvalue weighted by atomic mass is 10.3. The van der Waals surface area contributed by atoms with Crippen LogP contribution in [0.3, 0.4) is 0 Å². The standard InChI is InChI=1S/C14H23N5S/c1-5-10-9-11-12(16-7-8-19(4)6-2)17-14(15-3)18-13(11)20-10/h9H,5-8H2,1-4H3,(H2,15,16,17,18). The van der Waals surface area contributed by atoms with Crippen molar-refractivity contribution in [2.24, 2.45) is 0 Å². The van der Waals surface area contributed by atoms with Crippen LogP contribution in [0.1, 0.15) is 18.7 Å². The van der Waals surface area contributed by atoms with Gasteiger partial charge in [-0.1, -0.05) is 13.8 Å². The minimum absolute atomic E-state index is 0.674. The number of aromatic nitrogens is 2. The average molecular weight is 293 g/mol. The quantitative estimate of drug-likeness (QED) is 0.822. The number of rotatable bonds is 7. The number of hydrogen-bond donors (Lipinski definition) is 2. The van der Waals surface area contributed by atoms with Crippen molar-refractivity contribution in [2.75, 3.05) is 44.4 Å². The number of likely N-dealkylation sites (N-methyl/N-ethyl adjacent to an activating group) is 1. The van der Waals surface area contributed by atoms with E-state index in [2.05, 4.69) is 52.5 Å². The number of nitrogens with zero attached hydrogens (tertiary/aromatic N) is 3. The predicted molar refractivity (Wildman–Crippen MR) is 88.0 cm³/mol. The molecular formula is C14H23N5S. The lowest BCUT2D eigenvalue weighted by molar-refractivity contribution is 0.367. The molecule has 0 unspecified atom stereocenters. The second-order valence-corrected chi connectivity index (χ2v) is 5.87. The van der Waals surface area contributed by atoms with Crippen molar-refractivity contribution in [3.63, 3.8) is 0 Å². The average Bonchev–Trinajstić information content (AvgIpc) is 2.89. The zero-order chi connectivity index (χ0) is 14.5. The van der Waals surface area contributed by atoms with Gasteiger partial charge in [-0.3, -0.25) is 0 Å². The third-order valence-corrected chi connectivity index (χ3v) is 4.51. The molecule has 2 rings (SSSR count). The van der Waals surface area contributed by atoms with Crippen LogP contribution in [-0.4, -0.2) is 48.6 Å². The van der Waals surface area contributed by atoms with Gasteiger partial charge in [0, 0.05) is 25.0 Å². The van der Waals surface area contributed by atoms with E-state index >= 15 is 0 Å². The van der Waals surface area contributed by atoms with Crippen LogP contribution in [0.15, 0.2) is 6.07 Å². The molecule has 110 valence electrons. The molecule has 0 saturated carbocycles. The second-order valence-electron chi connectivity index (χ2n) is 4.75. The highest BCUT2D eigenvalue weighted by atomic mass is 32.1. The fraction of sp³-hybridized carbons (Fsp3) is 0.571. The van der Waals surface area contributed by atoms with Gasteiger partial charge in [0.25, 0.3) is 0 Å². The molecule has 0 radical (unpaired) electrons. The molecule has 2 heterocycles. The lowest BCUT2D eigenvalue weighted by Crippen LogP contribution is -2.25. The molecule has 2 aromatic rings. The van der Waals surface area contributed by atoms with E-state index in [0.717, 1.165) is 42.1 Å². The Morgan fingerprint density at radius 3 is 2.75 bits per heavy atom. The van der Waals surface area contributed by atoms with Gasteiger partial charge < -0.3 is 15.5 Å². The zero-order valence-electron chi connectivity index (χ0n) is 12.7. The fourth-order valence-corrected chi connectivity index (χ4v) is 2.88. The van der Waals surface area contributed by atoms with E-state index in [4.69, 9.17) is 0 Å². The summed E-state index contributed by atoms with van der Waals surface area (Å²) in [6.45, 7) is 7.27. The summed E-state index contributed by atoms with van der Waals surface area (Å²) >= 11 is 1.74. The highest BCUT2D eigenvalue weighted by Gasteiger charge is 2.10. The molecule has 0 spiro atoms. The molecule has 0 fully saturated rings. The summed E-state index contributed by atoms with van der Waals surface area (Å²) in [7, 11) is 3.97. The van der Waals surface area contributed by atoms with Crippen molar-refractivity contribution in [3.05, 3.63) is 10.9 Å². The first-order valence-electron chi connectivity index (χ1n) is 7.08. The van der Waals surface area contributed by atoms with Crippen LogP contribution >= 0.6 is 11.3 Å². The molecule has 0 atom stereocenters. The highest BCUT2D eigenvalue weighted by molar-refractivity contribution is 7.18. The van der Waals surface area contributed by atoms with E-state index in [1.54, 1.807) is 11.3 Å². The normalized spacial score (nSPS) is 11.2. The Balaban J connectivity index is 2.23. The molecule has 5 nitrogen and oxygen atoms in total. The lowest BCUT2D eigenvalue weighted by Gasteiger charge is -2.14. The summed E-state index contributed by atoms with van der Waals surface area (Å²) in [6, 6.07) is 2.20. The van der Waals surface area contributed by atoms with E-state index in [1.165, 1.54) is 4.88 Å². The Bertz CT molecular complexity index is 566. The summed E-state index contributed by atoms with van der Waals surface area (Å²) in [4.78, 5) is 13.7.